The number of alkyl halides is 1. The summed E-state index contributed by atoms with van der Waals surface area (Å²) in [7, 11) is -4.06. The highest BCUT2D eigenvalue weighted by Gasteiger charge is 2.56. The highest BCUT2D eigenvalue weighted by Crippen LogP contribution is 2.51. The van der Waals surface area contributed by atoms with Crippen molar-refractivity contribution in [1.82, 2.24) is 9.55 Å². The number of nitrogens with zero attached hydrogens (tertiary/aromatic N) is 2. The molecule has 1 fully saturated rings. The SMILES string of the molecule is CC(C)OC(=O)[C@H](C)C[P@](=O)(OC[C@H]1O[C@@H](n2ccc(N)nc2=O)C(N)(CF)[C@H]1O)Oc1ccccc1. The molecular formula is C23H32FN4O8P. The van der Waals surface area contributed by atoms with Gasteiger partial charge in [-0.2, -0.15) is 4.98 Å². The molecule has 0 amide bonds. The molecule has 14 heteroatoms. The number of aliphatic hydroxyl groups is 1. The van der Waals surface area contributed by atoms with Crippen LogP contribution in [0.15, 0.2) is 47.4 Å². The van der Waals surface area contributed by atoms with Gasteiger partial charge in [-0.3, -0.25) is 13.9 Å². The van der Waals surface area contributed by atoms with E-state index in [1.807, 2.05) is 0 Å². The molecule has 0 bridgehead atoms. The lowest BCUT2D eigenvalue weighted by Gasteiger charge is -2.30. The molecule has 3 rings (SSSR count). The Morgan fingerprint density at radius 2 is 1.97 bits per heavy atom. The van der Waals surface area contributed by atoms with E-state index in [0.717, 1.165) is 4.57 Å². The third-order valence-corrected chi connectivity index (χ3v) is 7.70. The summed E-state index contributed by atoms with van der Waals surface area (Å²) in [6.45, 7) is 3.07. The fourth-order valence-corrected chi connectivity index (χ4v) is 5.64. The van der Waals surface area contributed by atoms with Crippen LogP contribution in [0.3, 0.4) is 0 Å². The van der Waals surface area contributed by atoms with Gasteiger partial charge >= 0.3 is 19.3 Å². The van der Waals surface area contributed by atoms with Crippen LogP contribution in [0.1, 0.15) is 27.0 Å². The Hall–Kier alpha value is -2.83. The Balaban J connectivity index is 1.82. The Bertz CT molecular complexity index is 1180. The number of esters is 1. The largest absolute Gasteiger partial charge is 0.463 e. The molecule has 37 heavy (non-hydrogen) atoms. The van der Waals surface area contributed by atoms with Crippen LogP contribution >= 0.6 is 7.60 Å². The van der Waals surface area contributed by atoms with E-state index in [9.17, 15) is 23.7 Å². The number of benzene rings is 1. The number of ether oxygens (including phenoxy) is 2. The quantitative estimate of drug-likeness (QED) is 0.278. The zero-order chi connectivity index (χ0) is 27.4. The van der Waals surface area contributed by atoms with Crippen molar-refractivity contribution < 1.29 is 37.4 Å². The van der Waals surface area contributed by atoms with Crippen molar-refractivity contribution in [1.29, 1.82) is 0 Å². The maximum Gasteiger partial charge on any atom is 0.380 e. The molecule has 2 aromatic rings. The van der Waals surface area contributed by atoms with Gasteiger partial charge in [-0.25, -0.2) is 13.8 Å². The second-order valence-electron chi connectivity index (χ2n) is 9.14. The number of hydrogen-bond donors (Lipinski definition) is 3. The Morgan fingerprint density at radius 1 is 1.30 bits per heavy atom. The maximum absolute atomic E-state index is 14.1. The first-order valence-electron chi connectivity index (χ1n) is 11.6. The zero-order valence-electron chi connectivity index (χ0n) is 20.7. The van der Waals surface area contributed by atoms with E-state index in [0.29, 0.717) is 0 Å². The summed E-state index contributed by atoms with van der Waals surface area (Å²) < 4.78 is 50.9. The summed E-state index contributed by atoms with van der Waals surface area (Å²) in [6, 6.07) is 9.45. The Labute approximate surface area is 213 Å². The first kappa shape index (κ1) is 28.7. The topological polar surface area (TPSA) is 178 Å². The molecule has 0 radical (unpaired) electrons. The molecule has 0 spiro atoms. The summed E-state index contributed by atoms with van der Waals surface area (Å²) in [6.07, 6.45) is -3.95. The van der Waals surface area contributed by atoms with Crippen molar-refractivity contribution in [3.63, 3.8) is 0 Å². The molecule has 1 aromatic carbocycles. The third-order valence-electron chi connectivity index (χ3n) is 5.68. The number of carbonyl (C=O) groups is 1. The standard InChI is InChI=1S/C23H32FN4O8P/c1-14(2)34-20(30)15(3)12-37(32,36-16-7-5-4-6-8-16)33-11-17-19(29)23(26,13-24)21(35-17)28-10-9-18(25)27-22(28)31/h4-10,14-15,17,19,21,29H,11-13,26H2,1-3H3,(H2,25,27,31)/t15-,17-,19+,21-,23?,37+/m1/s1. The average molecular weight is 543 g/mol. The predicted octanol–water partition coefficient (Wildman–Crippen LogP) is 1.63. The minimum Gasteiger partial charge on any atom is -0.463 e. The molecule has 1 saturated heterocycles. The normalized spacial score (nSPS) is 26.0. The second kappa shape index (κ2) is 11.7. The van der Waals surface area contributed by atoms with Gasteiger partial charge in [-0.1, -0.05) is 25.1 Å². The Morgan fingerprint density at radius 3 is 2.57 bits per heavy atom. The van der Waals surface area contributed by atoms with Gasteiger partial charge in [0, 0.05) is 6.20 Å². The molecule has 204 valence electrons. The monoisotopic (exact) mass is 542 g/mol. The van der Waals surface area contributed by atoms with Gasteiger partial charge in [-0.15, -0.1) is 0 Å². The number of halogens is 1. The van der Waals surface area contributed by atoms with Crippen molar-refractivity contribution in [2.75, 3.05) is 25.2 Å². The lowest BCUT2D eigenvalue weighted by molar-refractivity contribution is -0.151. The first-order valence-corrected chi connectivity index (χ1v) is 13.3. The molecule has 0 saturated carbocycles. The fourth-order valence-electron chi connectivity index (χ4n) is 3.77. The highest BCUT2D eigenvalue weighted by molar-refractivity contribution is 7.54. The predicted molar refractivity (Wildman–Crippen MR) is 132 cm³/mol. The molecule has 1 aromatic heterocycles. The molecule has 1 aliphatic heterocycles. The van der Waals surface area contributed by atoms with Crippen LogP contribution in [0, 0.1) is 5.92 Å². The van der Waals surface area contributed by atoms with E-state index in [4.69, 9.17) is 30.0 Å². The third kappa shape index (κ3) is 6.74. The van der Waals surface area contributed by atoms with Crippen LogP contribution in [-0.4, -0.2) is 63.9 Å². The number of hydrogen-bond acceptors (Lipinski definition) is 11. The van der Waals surface area contributed by atoms with Crippen LogP contribution in [-0.2, 0) is 23.4 Å². The molecule has 12 nitrogen and oxygen atoms in total. The fraction of sp³-hybridized carbons (Fsp3) is 0.522. The molecule has 5 N–H and O–H groups in total. The van der Waals surface area contributed by atoms with Crippen molar-refractivity contribution in [3.8, 4) is 5.75 Å². The first-order chi connectivity index (χ1) is 17.4. The maximum atomic E-state index is 14.1. The summed E-state index contributed by atoms with van der Waals surface area (Å²) in [5.74, 6) is -1.30. The van der Waals surface area contributed by atoms with Crippen molar-refractivity contribution in [2.24, 2.45) is 11.7 Å². The summed E-state index contributed by atoms with van der Waals surface area (Å²) in [5, 5.41) is 10.8. The van der Waals surface area contributed by atoms with Gasteiger partial charge in [0.05, 0.1) is 24.8 Å². The lowest BCUT2D eigenvalue weighted by Crippen LogP contribution is -2.57. The van der Waals surface area contributed by atoms with Gasteiger partial charge in [0.25, 0.3) is 0 Å². The lowest BCUT2D eigenvalue weighted by atomic mass is 9.92. The molecule has 0 aliphatic carbocycles. The molecule has 1 aliphatic rings. The van der Waals surface area contributed by atoms with Gasteiger partial charge < -0.3 is 30.6 Å². The van der Waals surface area contributed by atoms with Gasteiger partial charge in [0.15, 0.2) is 6.23 Å². The van der Waals surface area contributed by atoms with E-state index in [-0.39, 0.29) is 23.8 Å². The summed E-state index contributed by atoms with van der Waals surface area (Å²) in [5.41, 5.74) is 8.72. The smallest absolute Gasteiger partial charge is 0.380 e. The van der Waals surface area contributed by atoms with Crippen LogP contribution < -0.4 is 21.7 Å². The van der Waals surface area contributed by atoms with E-state index >= 15 is 0 Å². The van der Waals surface area contributed by atoms with Crippen LogP contribution in [0.5, 0.6) is 5.75 Å². The molecular weight excluding hydrogens is 510 g/mol. The number of para-hydroxylation sites is 1. The molecule has 1 unspecified atom stereocenters. The van der Waals surface area contributed by atoms with Crippen molar-refractivity contribution in [3.05, 3.63) is 53.1 Å². The number of rotatable bonds is 11. The minimum atomic E-state index is -4.06. The van der Waals surface area contributed by atoms with Gasteiger partial charge in [0.2, 0.25) is 0 Å². The zero-order valence-corrected chi connectivity index (χ0v) is 21.6. The van der Waals surface area contributed by atoms with E-state index in [1.165, 1.54) is 19.2 Å². The molecule has 6 atom stereocenters. The van der Waals surface area contributed by atoms with Crippen LogP contribution in [0.4, 0.5) is 10.2 Å². The average Bonchev–Trinajstić information content (AvgIpc) is 3.08. The number of aliphatic hydroxyl groups excluding tert-OH is 1. The number of aromatic nitrogens is 2. The van der Waals surface area contributed by atoms with Gasteiger partial charge in [0.1, 0.15) is 36.0 Å². The highest BCUT2D eigenvalue weighted by atomic mass is 31.2. The number of anilines is 1. The number of nitrogens with two attached hydrogens (primary N) is 2. The van der Waals surface area contributed by atoms with Gasteiger partial charge in [-0.05, 0) is 32.0 Å². The second-order valence-corrected chi connectivity index (χ2v) is 11.2. The van der Waals surface area contributed by atoms with E-state index in [1.54, 1.807) is 44.2 Å². The van der Waals surface area contributed by atoms with Crippen molar-refractivity contribution >= 4 is 19.4 Å². The number of nitrogen functional groups attached to an aromatic ring is 1. The minimum absolute atomic E-state index is 0.0633. The van der Waals surface area contributed by atoms with Crippen LogP contribution in [0.25, 0.3) is 0 Å². The molecule has 2 heterocycles. The van der Waals surface area contributed by atoms with E-state index < -0.39 is 62.4 Å². The van der Waals surface area contributed by atoms with Crippen LogP contribution in [0.2, 0.25) is 0 Å². The van der Waals surface area contributed by atoms with E-state index in [2.05, 4.69) is 4.98 Å². The summed E-state index contributed by atoms with van der Waals surface area (Å²) in [4.78, 5) is 28.2. The number of carbonyl (C=O) groups excluding carboxylic acids is 1. The van der Waals surface area contributed by atoms with Crippen molar-refractivity contribution in [2.45, 2.75) is 50.8 Å². The summed E-state index contributed by atoms with van der Waals surface area (Å²) >= 11 is 0. The Kier molecular flexibility index (Phi) is 9.09.